The molecule has 0 heteroatoms. The van der Waals surface area contributed by atoms with Gasteiger partial charge in [0.2, 0.25) is 0 Å². The SMILES string of the molecule is CC(C)/C=C\C1CCC2CCC12. The van der Waals surface area contributed by atoms with Crippen LogP contribution in [0.25, 0.3) is 0 Å². The zero-order valence-corrected chi connectivity index (χ0v) is 8.29. The molecule has 0 amide bonds. The molecule has 2 saturated carbocycles. The van der Waals surface area contributed by atoms with Gasteiger partial charge in [-0.25, -0.2) is 0 Å². The molecule has 0 nitrogen and oxygen atoms in total. The van der Waals surface area contributed by atoms with Gasteiger partial charge >= 0.3 is 0 Å². The van der Waals surface area contributed by atoms with Crippen LogP contribution in [0.15, 0.2) is 12.2 Å². The van der Waals surface area contributed by atoms with Crippen molar-refractivity contribution in [3.8, 4) is 0 Å². The van der Waals surface area contributed by atoms with Crippen LogP contribution >= 0.6 is 0 Å². The van der Waals surface area contributed by atoms with E-state index in [1.165, 1.54) is 25.7 Å². The molecule has 0 aromatic carbocycles. The van der Waals surface area contributed by atoms with E-state index in [2.05, 4.69) is 26.0 Å². The first-order valence-corrected chi connectivity index (χ1v) is 5.45. The van der Waals surface area contributed by atoms with E-state index in [1.54, 1.807) is 0 Å². The lowest BCUT2D eigenvalue weighted by Gasteiger charge is -2.33. The Labute approximate surface area is 76.1 Å². The van der Waals surface area contributed by atoms with Gasteiger partial charge in [0.15, 0.2) is 0 Å². The monoisotopic (exact) mass is 164 g/mol. The minimum absolute atomic E-state index is 0.740. The summed E-state index contributed by atoms with van der Waals surface area (Å²) in [5.41, 5.74) is 0. The first-order valence-electron chi connectivity index (χ1n) is 5.45. The van der Waals surface area contributed by atoms with Gasteiger partial charge < -0.3 is 0 Å². The third kappa shape index (κ3) is 1.44. The topological polar surface area (TPSA) is 0 Å². The molecule has 68 valence electrons. The van der Waals surface area contributed by atoms with Gasteiger partial charge in [-0.1, -0.05) is 26.0 Å². The summed E-state index contributed by atoms with van der Waals surface area (Å²) in [6.45, 7) is 4.54. The third-order valence-electron chi connectivity index (χ3n) is 3.64. The van der Waals surface area contributed by atoms with Crippen LogP contribution in [0, 0.1) is 23.7 Å². The lowest BCUT2D eigenvalue weighted by molar-refractivity contribution is 0.191. The highest BCUT2D eigenvalue weighted by molar-refractivity contribution is 5.02. The normalized spacial score (nSPS) is 40.4. The number of hydrogen-bond donors (Lipinski definition) is 0. The van der Waals surface area contributed by atoms with Crippen LogP contribution in [0.5, 0.6) is 0 Å². The van der Waals surface area contributed by atoms with Crippen LogP contribution in [0.4, 0.5) is 0 Å². The van der Waals surface area contributed by atoms with E-state index in [1.807, 2.05) is 0 Å². The first-order chi connectivity index (χ1) is 5.77. The van der Waals surface area contributed by atoms with Crippen molar-refractivity contribution in [1.29, 1.82) is 0 Å². The predicted molar refractivity (Wildman–Crippen MR) is 52.9 cm³/mol. The maximum Gasteiger partial charge on any atom is -0.0202 e. The Morgan fingerprint density at radius 2 is 1.83 bits per heavy atom. The Hall–Kier alpha value is -0.260. The largest absolute Gasteiger partial charge is 0.0857 e. The van der Waals surface area contributed by atoms with E-state index in [0.717, 1.165) is 23.7 Å². The third-order valence-corrected chi connectivity index (χ3v) is 3.64. The molecule has 2 rings (SSSR count). The zero-order valence-electron chi connectivity index (χ0n) is 8.29. The molecule has 0 saturated heterocycles. The van der Waals surface area contributed by atoms with Gasteiger partial charge in [-0.2, -0.15) is 0 Å². The van der Waals surface area contributed by atoms with E-state index < -0.39 is 0 Å². The molecule has 0 bridgehead atoms. The molecule has 0 N–H and O–H groups in total. The Balaban J connectivity index is 1.89. The summed E-state index contributed by atoms with van der Waals surface area (Å²) in [7, 11) is 0. The van der Waals surface area contributed by atoms with Crippen LogP contribution in [0.3, 0.4) is 0 Å². The van der Waals surface area contributed by atoms with E-state index in [4.69, 9.17) is 0 Å². The van der Waals surface area contributed by atoms with E-state index >= 15 is 0 Å². The average Bonchev–Trinajstić information content (AvgIpc) is 2.22. The van der Waals surface area contributed by atoms with Gasteiger partial charge in [0, 0.05) is 0 Å². The van der Waals surface area contributed by atoms with Gasteiger partial charge in [-0.05, 0) is 49.4 Å². The van der Waals surface area contributed by atoms with E-state index in [9.17, 15) is 0 Å². The zero-order chi connectivity index (χ0) is 8.55. The highest BCUT2D eigenvalue weighted by atomic mass is 14.5. The van der Waals surface area contributed by atoms with Crippen molar-refractivity contribution >= 4 is 0 Å². The Morgan fingerprint density at radius 3 is 2.33 bits per heavy atom. The summed E-state index contributed by atoms with van der Waals surface area (Å²) in [6.07, 6.45) is 10.9. The first kappa shape index (κ1) is 8.34. The van der Waals surface area contributed by atoms with Gasteiger partial charge in [0.05, 0.1) is 0 Å². The standard InChI is InChI=1S/C12H20/c1-9(2)3-4-10-5-6-11-7-8-12(10)11/h3-4,9-12H,5-8H2,1-2H3/b4-3-. The van der Waals surface area contributed by atoms with Crippen molar-refractivity contribution in [1.82, 2.24) is 0 Å². The minimum atomic E-state index is 0.740. The quantitative estimate of drug-likeness (QED) is 0.547. The molecule has 2 aliphatic rings. The number of allylic oxidation sites excluding steroid dienone is 2. The minimum Gasteiger partial charge on any atom is -0.0857 e. The van der Waals surface area contributed by atoms with E-state index in [0.29, 0.717) is 0 Å². The van der Waals surface area contributed by atoms with Crippen LogP contribution < -0.4 is 0 Å². The fraction of sp³-hybridized carbons (Fsp3) is 0.833. The molecule has 3 atom stereocenters. The maximum atomic E-state index is 2.49. The summed E-state index contributed by atoms with van der Waals surface area (Å²) in [5.74, 6) is 3.89. The lowest BCUT2D eigenvalue weighted by atomic mass is 9.72. The smallest absolute Gasteiger partial charge is 0.0202 e. The average molecular weight is 164 g/mol. The molecule has 2 fully saturated rings. The Kier molecular flexibility index (Phi) is 2.25. The summed E-state index contributed by atoms with van der Waals surface area (Å²) in [6, 6.07) is 0. The molecular weight excluding hydrogens is 144 g/mol. The van der Waals surface area contributed by atoms with Crippen molar-refractivity contribution in [2.75, 3.05) is 0 Å². The summed E-state index contributed by atoms with van der Waals surface area (Å²) < 4.78 is 0. The second kappa shape index (κ2) is 3.24. The van der Waals surface area contributed by atoms with Gasteiger partial charge in [0.25, 0.3) is 0 Å². The van der Waals surface area contributed by atoms with Crippen molar-refractivity contribution in [3.63, 3.8) is 0 Å². The summed E-state index contributed by atoms with van der Waals surface area (Å²) >= 11 is 0. The molecule has 0 radical (unpaired) electrons. The molecule has 12 heavy (non-hydrogen) atoms. The second-order valence-electron chi connectivity index (χ2n) is 4.87. The number of hydrogen-bond acceptors (Lipinski definition) is 0. The highest BCUT2D eigenvalue weighted by Crippen LogP contribution is 2.50. The molecule has 0 aromatic rings. The van der Waals surface area contributed by atoms with Gasteiger partial charge in [-0.15, -0.1) is 0 Å². The van der Waals surface area contributed by atoms with Crippen LogP contribution in [0.2, 0.25) is 0 Å². The summed E-state index contributed by atoms with van der Waals surface area (Å²) in [5, 5.41) is 0. The van der Waals surface area contributed by atoms with Crippen molar-refractivity contribution < 1.29 is 0 Å². The van der Waals surface area contributed by atoms with Crippen molar-refractivity contribution in [2.24, 2.45) is 23.7 Å². The lowest BCUT2D eigenvalue weighted by Crippen LogP contribution is -2.23. The number of rotatable bonds is 2. The Bertz CT molecular complexity index is 178. The fourth-order valence-corrected chi connectivity index (χ4v) is 2.74. The van der Waals surface area contributed by atoms with Gasteiger partial charge in [-0.3, -0.25) is 0 Å². The maximum absolute atomic E-state index is 2.49. The molecule has 0 aromatic heterocycles. The Morgan fingerprint density at radius 1 is 1.08 bits per heavy atom. The molecule has 0 spiro atoms. The van der Waals surface area contributed by atoms with Crippen molar-refractivity contribution in [2.45, 2.75) is 39.5 Å². The van der Waals surface area contributed by atoms with Crippen LogP contribution in [-0.4, -0.2) is 0 Å². The molecule has 2 aliphatic carbocycles. The predicted octanol–water partition coefficient (Wildman–Crippen LogP) is 3.63. The molecule has 0 heterocycles. The second-order valence-corrected chi connectivity index (χ2v) is 4.87. The van der Waals surface area contributed by atoms with Gasteiger partial charge in [0.1, 0.15) is 0 Å². The van der Waals surface area contributed by atoms with E-state index in [-0.39, 0.29) is 0 Å². The molecule has 3 unspecified atom stereocenters. The molecule has 0 aliphatic heterocycles. The fourth-order valence-electron chi connectivity index (χ4n) is 2.74. The number of fused-ring (bicyclic) bond motifs is 1. The van der Waals surface area contributed by atoms with Crippen LogP contribution in [0.1, 0.15) is 39.5 Å². The highest BCUT2D eigenvalue weighted by Gasteiger charge is 2.40. The molecular formula is C12H20. The van der Waals surface area contributed by atoms with Crippen LogP contribution in [-0.2, 0) is 0 Å². The summed E-state index contributed by atoms with van der Waals surface area (Å²) in [4.78, 5) is 0. The van der Waals surface area contributed by atoms with Crippen molar-refractivity contribution in [3.05, 3.63) is 12.2 Å².